The summed E-state index contributed by atoms with van der Waals surface area (Å²) in [6.45, 7) is 2.07. The third-order valence-electron chi connectivity index (χ3n) is 5.23. The standard InChI is InChI=1S/C17H21BrN2O2/c1-17-10-14(13-9-11(18)7-8-15(13)22-17)19-16(21)20(17)12-5-3-2-4-6-12/h7-9,12,14H,2-6,10H2,1H3,(H,19,21)/t14-,17-/m1/s1. The fraction of sp³-hybridized carbons (Fsp3) is 0.588. The number of carbonyl (C=O) groups is 1. The van der Waals surface area contributed by atoms with Crippen molar-refractivity contribution in [2.45, 2.75) is 63.3 Å². The minimum Gasteiger partial charge on any atom is -0.468 e. The summed E-state index contributed by atoms with van der Waals surface area (Å²) in [6.07, 6.45) is 6.67. The molecule has 0 radical (unpaired) electrons. The lowest BCUT2D eigenvalue weighted by Crippen LogP contribution is -2.67. The smallest absolute Gasteiger partial charge is 0.321 e. The van der Waals surface area contributed by atoms with Gasteiger partial charge in [-0.1, -0.05) is 35.2 Å². The van der Waals surface area contributed by atoms with E-state index in [9.17, 15) is 4.79 Å². The molecule has 5 heteroatoms. The molecule has 118 valence electrons. The van der Waals surface area contributed by atoms with Crippen LogP contribution >= 0.6 is 15.9 Å². The number of ether oxygens (including phenoxy) is 1. The van der Waals surface area contributed by atoms with E-state index in [1.807, 2.05) is 17.0 Å². The number of fused-ring (bicyclic) bond motifs is 4. The van der Waals surface area contributed by atoms with Crippen LogP contribution in [0.4, 0.5) is 4.79 Å². The van der Waals surface area contributed by atoms with Crippen LogP contribution in [0, 0.1) is 0 Å². The summed E-state index contributed by atoms with van der Waals surface area (Å²) in [5.74, 6) is 0.891. The van der Waals surface area contributed by atoms with Crippen molar-refractivity contribution in [1.82, 2.24) is 10.2 Å². The average Bonchev–Trinajstić information content (AvgIpc) is 2.48. The van der Waals surface area contributed by atoms with E-state index in [0.29, 0.717) is 6.04 Å². The first-order valence-corrected chi connectivity index (χ1v) is 8.94. The number of benzene rings is 1. The summed E-state index contributed by atoms with van der Waals surface area (Å²) in [7, 11) is 0. The van der Waals surface area contributed by atoms with Crippen LogP contribution in [0.15, 0.2) is 22.7 Å². The third-order valence-corrected chi connectivity index (χ3v) is 5.72. The number of hydrogen-bond acceptors (Lipinski definition) is 2. The molecule has 1 aromatic carbocycles. The van der Waals surface area contributed by atoms with Gasteiger partial charge in [0, 0.05) is 22.5 Å². The molecule has 4 nitrogen and oxygen atoms in total. The highest BCUT2D eigenvalue weighted by atomic mass is 79.9. The summed E-state index contributed by atoms with van der Waals surface area (Å²) in [6, 6.07) is 6.42. The first-order chi connectivity index (χ1) is 10.6. The molecular weight excluding hydrogens is 344 g/mol. The molecule has 1 aromatic rings. The van der Waals surface area contributed by atoms with Gasteiger partial charge >= 0.3 is 6.03 Å². The maximum Gasteiger partial charge on any atom is 0.321 e. The van der Waals surface area contributed by atoms with Crippen molar-refractivity contribution in [2.24, 2.45) is 0 Å². The molecule has 1 saturated heterocycles. The van der Waals surface area contributed by atoms with Crippen LogP contribution < -0.4 is 10.1 Å². The predicted molar refractivity (Wildman–Crippen MR) is 87.8 cm³/mol. The monoisotopic (exact) mass is 364 g/mol. The number of nitrogens with one attached hydrogen (secondary N) is 1. The maximum atomic E-state index is 12.7. The number of urea groups is 1. The highest BCUT2D eigenvalue weighted by molar-refractivity contribution is 9.10. The van der Waals surface area contributed by atoms with E-state index in [2.05, 4.69) is 34.2 Å². The Morgan fingerprint density at radius 3 is 2.86 bits per heavy atom. The Kier molecular flexibility index (Phi) is 3.36. The SMILES string of the molecule is C[C@@]12C[C@@H](NC(=O)N1C1CCCCC1)c1cc(Br)ccc1O2. The van der Waals surface area contributed by atoms with Gasteiger partial charge in [0.1, 0.15) is 5.75 Å². The van der Waals surface area contributed by atoms with Gasteiger partial charge in [0.15, 0.2) is 5.72 Å². The van der Waals surface area contributed by atoms with E-state index in [0.717, 1.165) is 35.0 Å². The number of rotatable bonds is 1. The van der Waals surface area contributed by atoms with Gasteiger partial charge in [-0.05, 0) is 38.0 Å². The third kappa shape index (κ3) is 2.21. The van der Waals surface area contributed by atoms with Crippen LogP contribution in [0.25, 0.3) is 0 Å². The van der Waals surface area contributed by atoms with Crippen LogP contribution in [0.5, 0.6) is 5.75 Å². The first kappa shape index (κ1) is 14.4. The predicted octanol–water partition coefficient (Wildman–Crippen LogP) is 4.35. The Balaban J connectivity index is 1.71. The number of nitrogens with zero attached hydrogens (tertiary/aromatic N) is 1. The molecule has 0 aromatic heterocycles. The first-order valence-electron chi connectivity index (χ1n) is 8.15. The van der Waals surface area contributed by atoms with Crippen LogP contribution in [0.3, 0.4) is 0 Å². The van der Waals surface area contributed by atoms with Gasteiger partial charge in [-0.25, -0.2) is 4.79 Å². The number of carbonyl (C=O) groups excluding carboxylic acids is 1. The maximum absolute atomic E-state index is 12.7. The van der Waals surface area contributed by atoms with Gasteiger partial charge in [-0.3, -0.25) is 4.90 Å². The quantitative estimate of drug-likeness (QED) is 0.804. The second kappa shape index (κ2) is 5.15. The van der Waals surface area contributed by atoms with E-state index in [1.54, 1.807) is 0 Å². The van der Waals surface area contributed by atoms with Gasteiger partial charge in [-0.2, -0.15) is 0 Å². The van der Waals surface area contributed by atoms with E-state index >= 15 is 0 Å². The molecular formula is C17H21BrN2O2. The van der Waals surface area contributed by atoms with Crippen molar-refractivity contribution in [1.29, 1.82) is 0 Å². The van der Waals surface area contributed by atoms with Crippen molar-refractivity contribution >= 4 is 22.0 Å². The number of halogens is 1. The summed E-state index contributed by atoms with van der Waals surface area (Å²) in [5.41, 5.74) is 0.541. The van der Waals surface area contributed by atoms with E-state index in [4.69, 9.17) is 4.74 Å². The zero-order valence-corrected chi connectivity index (χ0v) is 14.4. The second-order valence-corrected chi connectivity index (χ2v) is 7.74. The van der Waals surface area contributed by atoms with Gasteiger partial charge in [0.2, 0.25) is 0 Å². The Labute approximate surface area is 139 Å². The highest BCUT2D eigenvalue weighted by Gasteiger charge is 2.51. The Bertz CT molecular complexity index is 615. The van der Waals surface area contributed by atoms with E-state index in [-0.39, 0.29) is 12.1 Å². The highest BCUT2D eigenvalue weighted by Crippen LogP contribution is 2.46. The van der Waals surface area contributed by atoms with Crippen LogP contribution in [-0.4, -0.2) is 22.7 Å². The molecule has 2 fully saturated rings. The zero-order valence-electron chi connectivity index (χ0n) is 12.8. The lowest BCUT2D eigenvalue weighted by atomic mass is 9.86. The molecule has 1 saturated carbocycles. The fourth-order valence-electron chi connectivity index (χ4n) is 4.25. The van der Waals surface area contributed by atoms with Crippen molar-refractivity contribution < 1.29 is 9.53 Å². The van der Waals surface area contributed by atoms with Crippen LogP contribution in [0.1, 0.15) is 57.1 Å². The zero-order chi connectivity index (χ0) is 15.3. The molecule has 1 aliphatic carbocycles. The molecule has 22 heavy (non-hydrogen) atoms. The average molecular weight is 365 g/mol. The molecule has 3 aliphatic rings. The fourth-order valence-corrected chi connectivity index (χ4v) is 4.63. The molecule has 4 rings (SSSR count). The second-order valence-electron chi connectivity index (χ2n) is 6.83. The van der Waals surface area contributed by atoms with Crippen molar-refractivity contribution in [3.63, 3.8) is 0 Å². The van der Waals surface area contributed by atoms with Crippen molar-refractivity contribution in [3.8, 4) is 5.75 Å². The molecule has 0 spiro atoms. The van der Waals surface area contributed by atoms with Gasteiger partial charge < -0.3 is 10.1 Å². The van der Waals surface area contributed by atoms with Gasteiger partial charge in [-0.15, -0.1) is 0 Å². The largest absolute Gasteiger partial charge is 0.468 e. The minimum atomic E-state index is -0.532. The van der Waals surface area contributed by atoms with E-state index in [1.165, 1.54) is 19.3 Å². The number of amides is 2. The van der Waals surface area contributed by atoms with Crippen LogP contribution in [0.2, 0.25) is 0 Å². The molecule has 2 atom stereocenters. The molecule has 2 heterocycles. The van der Waals surface area contributed by atoms with Crippen molar-refractivity contribution in [3.05, 3.63) is 28.2 Å². The lowest BCUT2D eigenvalue weighted by Gasteiger charge is -2.54. The summed E-state index contributed by atoms with van der Waals surface area (Å²) in [5, 5.41) is 3.19. The normalized spacial score (nSPS) is 31.3. The molecule has 2 aliphatic heterocycles. The van der Waals surface area contributed by atoms with Gasteiger partial charge in [0.25, 0.3) is 0 Å². The number of hydrogen-bond donors (Lipinski definition) is 1. The molecule has 0 unspecified atom stereocenters. The minimum absolute atomic E-state index is 0.0243. The summed E-state index contributed by atoms with van der Waals surface area (Å²) >= 11 is 3.50. The van der Waals surface area contributed by atoms with Crippen LogP contribution in [-0.2, 0) is 0 Å². The lowest BCUT2D eigenvalue weighted by molar-refractivity contribution is -0.106. The topological polar surface area (TPSA) is 41.6 Å². The molecule has 2 amide bonds. The Morgan fingerprint density at radius 1 is 1.32 bits per heavy atom. The molecule has 1 N–H and O–H groups in total. The molecule has 2 bridgehead atoms. The summed E-state index contributed by atoms with van der Waals surface area (Å²) < 4.78 is 7.34. The Hall–Kier alpha value is -1.23. The van der Waals surface area contributed by atoms with Gasteiger partial charge in [0.05, 0.1) is 6.04 Å². The van der Waals surface area contributed by atoms with E-state index < -0.39 is 5.72 Å². The van der Waals surface area contributed by atoms with Crippen molar-refractivity contribution in [2.75, 3.05) is 0 Å². The Morgan fingerprint density at radius 2 is 2.09 bits per heavy atom. The summed E-state index contributed by atoms with van der Waals surface area (Å²) in [4.78, 5) is 14.7.